The van der Waals surface area contributed by atoms with Gasteiger partial charge in [-0.15, -0.1) is 0 Å². The van der Waals surface area contributed by atoms with Crippen molar-refractivity contribution >= 4 is 5.91 Å². The van der Waals surface area contributed by atoms with Crippen molar-refractivity contribution in [2.24, 2.45) is 0 Å². The van der Waals surface area contributed by atoms with Crippen molar-refractivity contribution in [3.63, 3.8) is 0 Å². The topological polar surface area (TPSA) is 77.3 Å². The number of nitrogens with zero attached hydrogens (tertiary/aromatic N) is 2. The number of unbranched alkanes of at least 4 members (excludes halogenated alkanes) is 2. The summed E-state index contributed by atoms with van der Waals surface area (Å²) in [5.41, 5.74) is 1.73. The van der Waals surface area contributed by atoms with Gasteiger partial charge in [0.05, 0.1) is 7.11 Å². The fraction of sp³-hybridized carbons (Fsp3) is 0.318. The number of hydrogen-bond donors (Lipinski definition) is 1. The largest absolute Gasteiger partial charge is 0.497 e. The summed E-state index contributed by atoms with van der Waals surface area (Å²) < 4.78 is 24.0. The number of rotatable bonds is 9. The van der Waals surface area contributed by atoms with Crippen LogP contribution in [0.3, 0.4) is 0 Å². The van der Waals surface area contributed by atoms with Gasteiger partial charge in [-0.25, -0.2) is 4.39 Å². The Morgan fingerprint density at radius 1 is 1.14 bits per heavy atom. The monoisotopic (exact) mass is 397 g/mol. The molecule has 3 aromatic rings. The Labute approximate surface area is 169 Å². The average molecular weight is 397 g/mol. The summed E-state index contributed by atoms with van der Waals surface area (Å²) in [6, 6.07) is 12.0. The highest BCUT2D eigenvalue weighted by Crippen LogP contribution is 2.20. The van der Waals surface area contributed by atoms with Crippen LogP contribution in [0.25, 0.3) is 11.4 Å². The highest BCUT2D eigenvalue weighted by Gasteiger charge is 2.09. The number of halogens is 1. The molecule has 0 radical (unpaired) electrons. The Morgan fingerprint density at radius 3 is 2.66 bits per heavy atom. The third-order valence-electron chi connectivity index (χ3n) is 4.60. The fourth-order valence-electron chi connectivity index (χ4n) is 2.83. The summed E-state index contributed by atoms with van der Waals surface area (Å²) >= 11 is 0. The minimum Gasteiger partial charge on any atom is -0.497 e. The van der Waals surface area contributed by atoms with Crippen LogP contribution in [-0.4, -0.2) is 29.7 Å². The normalized spacial score (nSPS) is 10.7. The molecule has 0 aliphatic heterocycles. The van der Waals surface area contributed by atoms with Gasteiger partial charge in [0.15, 0.2) is 0 Å². The molecule has 0 saturated carbocycles. The standard InChI is InChI=1S/C22H24FN3O3/c1-15-7-8-17(14-19(15)23)22(27)24-13-5-3-4-6-20-25-21(26-29-20)16-9-11-18(28-2)12-10-16/h7-12,14H,3-6,13H2,1-2H3,(H,24,27). The quantitative estimate of drug-likeness (QED) is 0.544. The van der Waals surface area contributed by atoms with E-state index in [9.17, 15) is 9.18 Å². The third-order valence-corrected chi connectivity index (χ3v) is 4.60. The molecule has 0 spiro atoms. The number of hydrogen-bond acceptors (Lipinski definition) is 5. The maximum atomic E-state index is 13.5. The highest BCUT2D eigenvalue weighted by molar-refractivity contribution is 5.94. The molecule has 0 atom stereocenters. The van der Waals surface area contributed by atoms with E-state index < -0.39 is 0 Å². The maximum absolute atomic E-state index is 13.5. The van der Waals surface area contributed by atoms with E-state index in [1.54, 1.807) is 26.2 Å². The number of aryl methyl sites for hydroxylation is 2. The molecule has 0 bridgehead atoms. The molecule has 6 nitrogen and oxygen atoms in total. The molecule has 7 heteroatoms. The van der Waals surface area contributed by atoms with E-state index >= 15 is 0 Å². The van der Waals surface area contributed by atoms with Crippen molar-refractivity contribution in [3.8, 4) is 17.1 Å². The second kappa shape index (κ2) is 9.82. The Morgan fingerprint density at radius 2 is 1.93 bits per heavy atom. The van der Waals surface area contributed by atoms with Crippen molar-refractivity contribution in [1.82, 2.24) is 15.5 Å². The molecule has 0 aliphatic rings. The van der Waals surface area contributed by atoms with E-state index in [2.05, 4.69) is 15.5 Å². The second-order valence-corrected chi connectivity index (χ2v) is 6.77. The summed E-state index contributed by atoms with van der Waals surface area (Å²) in [7, 11) is 1.62. The number of ether oxygens (including phenoxy) is 1. The van der Waals surface area contributed by atoms with Crippen LogP contribution in [0.15, 0.2) is 47.0 Å². The zero-order chi connectivity index (χ0) is 20.6. The molecule has 0 fully saturated rings. The van der Waals surface area contributed by atoms with Gasteiger partial charge in [0.1, 0.15) is 11.6 Å². The van der Waals surface area contributed by atoms with E-state index in [1.807, 2.05) is 24.3 Å². The van der Waals surface area contributed by atoms with Gasteiger partial charge in [-0.1, -0.05) is 17.6 Å². The minimum absolute atomic E-state index is 0.259. The molecule has 152 valence electrons. The van der Waals surface area contributed by atoms with Crippen LogP contribution in [-0.2, 0) is 6.42 Å². The molecule has 1 N–H and O–H groups in total. The van der Waals surface area contributed by atoms with E-state index in [1.165, 1.54) is 6.07 Å². The summed E-state index contributed by atoms with van der Waals surface area (Å²) in [5, 5.41) is 6.82. The van der Waals surface area contributed by atoms with Crippen molar-refractivity contribution < 1.29 is 18.4 Å². The highest BCUT2D eigenvalue weighted by atomic mass is 19.1. The minimum atomic E-state index is -0.369. The van der Waals surface area contributed by atoms with Crippen molar-refractivity contribution in [3.05, 3.63) is 65.3 Å². The number of carbonyl (C=O) groups is 1. The first-order valence-corrected chi connectivity index (χ1v) is 9.58. The molecule has 1 amide bonds. The zero-order valence-electron chi connectivity index (χ0n) is 16.6. The lowest BCUT2D eigenvalue weighted by Gasteiger charge is -2.06. The van der Waals surface area contributed by atoms with Crippen LogP contribution in [0, 0.1) is 12.7 Å². The lowest BCUT2D eigenvalue weighted by molar-refractivity contribution is 0.0952. The molecular formula is C22H24FN3O3. The average Bonchev–Trinajstić information content (AvgIpc) is 3.21. The van der Waals surface area contributed by atoms with Gasteiger partial charge >= 0.3 is 0 Å². The number of aromatic nitrogens is 2. The van der Waals surface area contributed by atoms with Gasteiger partial charge < -0.3 is 14.6 Å². The Bertz CT molecular complexity index is 954. The molecule has 0 saturated heterocycles. The SMILES string of the molecule is COc1ccc(-c2noc(CCCCCNC(=O)c3ccc(C)c(F)c3)n2)cc1. The molecule has 0 unspecified atom stereocenters. The molecule has 0 aliphatic carbocycles. The van der Waals surface area contributed by atoms with Crippen LogP contribution in [0.5, 0.6) is 5.75 Å². The van der Waals surface area contributed by atoms with Crippen LogP contribution >= 0.6 is 0 Å². The number of benzene rings is 2. The molecule has 1 heterocycles. The smallest absolute Gasteiger partial charge is 0.251 e. The fourth-order valence-corrected chi connectivity index (χ4v) is 2.83. The van der Waals surface area contributed by atoms with Crippen LogP contribution in [0.2, 0.25) is 0 Å². The summed E-state index contributed by atoms with van der Waals surface area (Å²) in [6.45, 7) is 2.20. The van der Waals surface area contributed by atoms with Gasteiger partial charge in [-0.3, -0.25) is 4.79 Å². The van der Waals surface area contributed by atoms with Gasteiger partial charge in [-0.2, -0.15) is 4.98 Å². The number of methoxy groups -OCH3 is 1. The summed E-state index contributed by atoms with van der Waals surface area (Å²) in [4.78, 5) is 16.4. The lowest BCUT2D eigenvalue weighted by Crippen LogP contribution is -2.24. The summed E-state index contributed by atoms with van der Waals surface area (Å²) in [5.74, 6) is 1.29. The molecule has 3 rings (SSSR count). The molecule has 1 aromatic heterocycles. The van der Waals surface area contributed by atoms with Gasteiger partial charge in [0.25, 0.3) is 5.91 Å². The van der Waals surface area contributed by atoms with E-state index in [0.29, 0.717) is 35.8 Å². The number of carbonyl (C=O) groups excluding carboxylic acids is 1. The Kier molecular flexibility index (Phi) is 6.94. The third kappa shape index (κ3) is 5.63. The first-order valence-electron chi connectivity index (χ1n) is 9.58. The summed E-state index contributed by atoms with van der Waals surface area (Å²) in [6.07, 6.45) is 3.28. The Balaban J connectivity index is 1.37. The predicted molar refractivity (Wildman–Crippen MR) is 107 cm³/mol. The molecule has 29 heavy (non-hydrogen) atoms. The Hall–Kier alpha value is -3.22. The first kappa shape index (κ1) is 20.5. The van der Waals surface area contributed by atoms with Crippen LogP contribution < -0.4 is 10.1 Å². The van der Waals surface area contributed by atoms with E-state index in [4.69, 9.17) is 9.26 Å². The van der Waals surface area contributed by atoms with E-state index in [0.717, 1.165) is 30.6 Å². The van der Waals surface area contributed by atoms with Gasteiger partial charge in [0, 0.05) is 24.1 Å². The first-order chi connectivity index (χ1) is 14.1. The van der Waals surface area contributed by atoms with Gasteiger partial charge in [-0.05, 0) is 61.7 Å². The van der Waals surface area contributed by atoms with Crippen molar-refractivity contribution in [2.75, 3.05) is 13.7 Å². The van der Waals surface area contributed by atoms with Crippen LogP contribution in [0.1, 0.15) is 41.1 Å². The zero-order valence-corrected chi connectivity index (χ0v) is 16.6. The number of nitrogens with one attached hydrogen (secondary N) is 1. The van der Waals surface area contributed by atoms with E-state index in [-0.39, 0.29) is 11.7 Å². The van der Waals surface area contributed by atoms with Crippen molar-refractivity contribution in [2.45, 2.75) is 32.6 Å². The van der Waals surface area contributed by atoms with Crippen LogP contribution in [0.4, 0.5) is 4.39 Å². The predicted octanol–water partition coefficient (Wildman–Crippen LogP) is 4.34. The van der Waals surface area contributed by atoms with Crippen molar-refractivity contribution in [1.29, 1.82) is 0 Å². The maximum Gasteiger partial charge on any atom is 0.251 e. The second-order valence-electron chi connectivity index (χ2n) is 6.77. The lowest BCUT2D eigenvalue weighted by atomic mass is 10.1. The number of amides is 1. The molecular weight excluding hydrogens is 373 g/mol. The van der Waals surface area contributed by atoms with Gasteiger partial charge in [0.2, 0.25) is 11.7 Å². The molecule has 2 aromatic carbocycles.